The number of halogens is 1. The van der Waals surface area contributed by atoms with Crippen molar-refractivity contribution >= 4 is 42.5 Å². The molecule has 0 bridgehead atoms. The molecule has 0 aliphatic carbocycles. The smallest absolute Gasteiger partial charge is 0.261 e. The largest absolute Gasteiger partial charge is 0.278 e. The van der Waals surface area contributed by atoms with Crippen molar-refractivity contribution in [2.75, 3.05) is 4.72 Å². The van der Waals surface area contributed by atoms with Gasteiger partial charge in [-0.2, -0.15) is 0 Å². The number of aromatic nitrogens is 1. The zero-order chi connectivity index (χ0) is 15.7. The topological polar surface area (TPSA) is 59.1 Å². The number of nitrogens with one attached hydrogen (secondary N) is 1. The average molecular weight is 377 g/mol. The molecular weight excluding hydrogens is 364 g/mol. The molecule has 0 saturated carbocycles. The zero-order valence-corrected chi connectivity index (χ0v) is 14.1. The molecule has 112 valence electrons. The van der Waals surface area contributed by atoms with E-state index in [-0.39, 0.29) is 4.90 Å². The summed E-state index contributed by atoms with van der Waals surface area (Å²) in [6, 6.07) is 13.9. The minimum absolute atomic E-state index is 0.233. The van der Waals surface area contributed by atoms with Gasteiger partial charge in [0.15, 0.2) is 0 Å². The molecule has 2 aromatic carbocycles. The van der Waals surface area contributed by atoms with Gasteiger partial charge in [-0.25, -0.2) is 8.42 Å². The maximum absolute atomic E-state index is 12.5. The second-order valence-corrected chi connectivity index (χ2v) is 7.39. The van der Waals surface area contributed by atoms with E-state index in [1.165, 1.54) is 0 Å². The number of nitrogens with zero attached hydrogens (tertiary/aromatic N) is 1. The number of pyridine rings is 1. The number of fused-ring (bicyclic) bond motifs is 1. The van der Waals surface area contributed by atoms with Crippen LogP contribution in [-0.4, -0.2) is 13.4 Å². The molecule has 0 atom stereocenters. The lowest BCUT2D eigenvalue weighted by Crippen LogP contribution is -2.13. The summed E-state index contributed by atoms with van der Waals surface area (Å²) in [5, 5.41) is 0.853. The standard InChI is InChI=1S/C16H13BrN2O2S/c1-11-4-6-12(7-5-11)22(20,21)19-15-9-8-14-13(16(15)17)3-2-10-18-14/h2-10,19H,1H3. The van der Waals surface area contributed by atoms with Crippen molar-refractivity contribution in [1.29, 1.82) is 0 Å². The summed E-state index contributed by atoms with van der Waals surface area (Å²) in [7, 11) is -3.62. The molecule has 0 spiro atoms. The van der Waals surface area contributed by atoms with Crippen LogP contribution in [0.1, 0.15) is 5.56 Å². The molecule has 0 unspecified atom stereocenters. The van der Waals surface area contributed by atoms with Gasteiger partial charge >= 0.3 is 0 Å². The molecule has 0 amide bonds. The molecule has 1 N–H and O–H groups in total. The Morgan fingerprint density at radius 1 is 1.05 bits per heavy atom. The normalized spacial score (nSPS) is 11.5. The Morgan fingerprint density at radius 3 is 2.50 bits per heavy atom. The molecule has 0 aliphatic heterocycles. The molecule has 22 heavy (non-hydrogen) atoms. The first-order valence-electron chi connectivity index (χ1n) is 6.60. The van der Waals surface area contributed by atoms with E-state index in [1.807, 2.05) is 19.1 Å². The summed E-state index contributed by atoms with van der Waals surface area (Å²) in [5.74, 6) is 0. The maximum Gasteiger partial charge on any atom is 0.261 e. The van der Waals surface area contributed by atoms with Crippen LogP contribution < -0.4 is 4.72 Å². The first-order valence-corrected chi connectivity index (χ1v) is 8.88. The lowest BCUT2D eigenvalue weighted by molar-refractivity contribution is 0.601. The van der Waals surface area contributed by atoms with E-state index < -0.39 is 10.0 Å². The highest BCUT2D eigenvalue weighted by Crippen LogP contribution is 2.31. The summed E-state index contributed by atoms with van der Waals surface area (Å²) < 4.78 is 28.2. The van der Waals surface area contributed by atoms with Crippen LogP contribution in [-0.2, 0) is 10.0 Å². The molecule has 3 rings (SSSR count). The van der Waals surface area contributed by atoms with Crippen LogP contribution in [0, 0.1) is 6.92 Å². The number of anilines is 1. The van der Waals surface area contributed by atoms with Crippen LogP contribution in [0.5, 0.6) is 0 Å². The fraction of sp³-hybridized carbons (Fsp3) is 0.0625. The van der Waals surface area contributed by atoms with E-state index in [1.54, 1.807) is 42.6 Å². The van der Waals surface area contributed by atoms with Gasteiger partial charge in [-0.3, -0.25) is 9.71 Å². The van der Waals surface area contributed by atoms with E-state index in [0.29, 0.717) is 10.2 Å². The molecular formula is C16H13BrN2O2S. The van der Waals surface area contributed by atoms with E-state index in [9.17, 15) is 8.42 Å². The highest BCUT2D eigenvalue weighted by Gasteiger charge is 2.16. The molecule has 6 heteroatoms. The third-order valence-corrected chi connectivity index (χ3v) is 5.53. The Bertz CT molecular complexity index is 938. The Balaban J connectivity index is 2.02. The summed E-state index contributed by atoms with van der Waals surface area (Å²) in [4.78, 5) is 4.47. The maximum atomic E-state index is 12.5. The molecule has 3 aromatic rings. The van der Waals surface area contributed by atoms with Crippen LogP contribution in [0.4, 0.5) is 5.69 Å². The van der Waals surface area contributed by atoms with Crippen LogP contribution >= 0.6 is 15.9 Å². The van der Waals surface area contributed by atoms with Crippen LogP contribution in [0.2, 0.25) is 0 Å². The molecule has 0 radical (unpaired) electrons. The van der Waals surface area contributed by atoms with Gasteiger partial charge in [-0.1, -0.05) is 23.8 Å². The minimum atomic E-state index is -3.62. The van der Waals surface area contributed by atoms with Crippen molar-refractivity contribution in [2.45, 2.75) is 11.8 Å². The average Bonchev–Trinajstić information content (AvgIpc) is 2.51. The monoisotopic (exact) mass is 376 g/mol. The number of hydrogen-bond acceptors (Lipinski definition) is 3. The first-order chi connectivity index (χ1) is 10.5. The van der Waals surface area contributed by atoms with Gasteiger partial charge in [-0.05, 0) is 53.2 Å². The van der Waals surface area contributed by atoms with Gasteiger partial charge in [0, 0.05) is 11.6 Å². The fourth-order valence-electron chi connectivity index (χ4n) is 2.12. The lowest BCUT2D eigenvalue weighted by Gasteiger charge is -2.11. The zero-order valence-electron chi connectivity index (χ0n) is 11.7. The van der Waals surface area contributed by atoms with E-state index >= 15 is 0 Å². The van der Waals surface area contributed by atoms with Gasteiger partial charge in [0.05, 0.1) is 20.6 Å². The quantitative estimate of drug-likeness (QED) is 0.748. The molecule has 0 saturated heterocycles. The van der Waals surface area contributed by atoms with Crippen molar-refractivity contribution < 1.29 is 8.42 Å². The van der Waals surface area contributed by atoms with Crippen LogP contribution in [0.25, 0.3) is 10.9 Å². The summed E-state index contributed by atoms with van der Waals surface area (Å²) in [6.45, 7) is 1.91. The number of benzene rings is 2. The van der Waals surface area contributed by atoms with Gasteiger partial charge in [0.2, 0.25) is 0 Å². The van der Waals surface area contributed by atoms with E-state index in [0.717, 1.165) is 16.5 Å². The van der Waals surface area contributed by atoms with E-state index in [4.69, 9.17) is 0 Å². The molecule has 4 nitrogen and oxygen atoms in total. The lowest BCUT2D eigenvalue weighted by atomic mass is 10.2. The molecule has 1 heterocycles. The van der Waals surface area contributed by atoms with Crippen LogP contribution in [0.3, 0.4) is 0 Å². The Hall–Kier alpha value is -1.92. The number of aryl methyl sites for hydroxylation is 1. The number of sulfonamides is 1. The SMILES string of the molecule is Cc1ccc(S(=O)(=O)Nc2ccc3ncccc3c2Br)cc1. The highest BCUT2D eigenvalue weighted by molar-refractivity contribution is 9.10. The van der Waals surface area contributed by atoms with Crippen molar-refractivity contribution in [3.8, 4) is 0 Å². The molecule has 0 aliphatic rings. The predicted octanol–water partition coefficient (Wildman–Crippen LogP) is 4.11. The highest BCUT2D eigenvalue weighted by atomic mass is 79.9. The second-order valence-electron chi connectivity index (χ2n) is 4.92. The summed E-state index contributed by atoms with van der Waals surface area (Å²) in [5.41, 5.74) is 2.30. The third kappa shape index (κ3) is 2.84. The predicted molar refractivity (Wildman–Crippen MR) is 91.4 cm³/mol. The second kappa shape index (κ2) is 5.70. The fourth-order valence-corrected chi connectivity index (χ4v) is 3.89. The number of rotatable bonds is 3. The summed E-state index contributed by atoms with van der Waals surface area (Å²) in [6.07, 6.45) is 1.70. The van der Waals surface area contributed by atoms with Gasteiger partial charge in [0.25, 0.3) is 10.0 Å². The molecule has 1 aromatic heterocycles. The van der Waals surface area contributed by atoms with Crippen molar-refractivity contribution in [3.63, 3.8) is 0 Å². The van der Waals surface area contributed by atoms with Crippen molar-refractivity contribution in [3.05, 3.63) is 64.8 Å². The minimum Gasteiger partial charge on any atom is -0.278 e. The Morgan fingerprint density at radius 2 is 1.77 bits per heavy atom. The molecule has 0 fully saturated rings. The van der Waals surface area contributed by atoms with Crippen LogP contribution in [0.15, 0.2) is 64.1 Å². The van der Waals surface area contributed by atoms with Gasteiger partial charge in [0.1, 0.15) is 0 Å². The first kappa shape index (κ1) is 15.0. The van der Waals surface area contributed by atoms with Crippen molar-refractivity contribution in [2.24, 2.45) is 0 Å². The van der Waals surface area contributed by atoms with Gasteiger partial charge in [-0.15, -0.1) is 0 Å². The van der Waals surface area contributed by atoms with E-state index in [2.05, 4.69) is 25.6 Å². The summed E-state index contributed by atoms with van der Waals surface area (Å²) >= 11 is 3.45. The third-order valence-electron chi connectivity index (χ3n) is 3.29. The van der Waals surface area contributed by atoms with Gasteiger partial charge < -0.3 is 0 Å². The Kier molecular flexibility index (Phi) is 3.88. The number of hydrogen-bond donors (Lipinski definition) is 1. The Labute approximate surface area is 137 Å². The van der Waals surface area contributed by atoms with Crippen molar-refractivity contribution in [1.82, 2.24) is 4.98 Å².